The number of anilines is 1. The fourth-order valence-electron chi connectivity index (χ4n) is 1.97. The molecule has 96 valence electrons. The SMILES string of the molecule is Cc1nn(C)cc1C(C)Nc1c(Br)cccc1Br. The van der Waals surface area contributed by atoms with Crippen LogP contribution >= 0.6 is 31.9 Å². The number of rotatable bonds is 3. The van der Waals surface area contributed by atoms with Crippen LogP contribution in [0.3, 0.4) is 0 Å². The maximum atomic E-state index is 4.37. The first-order valence-corrected chi connectivity index (χ1v) is 7.28. The lowest BCUT2D eigenvalue weighted by Crippen LogP contribution is -2.08. The lowest BCUT2D eigenvalue weighted by molar-refractivity contribution is 0.756. The highest BCUT2D eigenvalue weighted by molar-refractivity contribution is 9.11. The van der Waals surface area contributed by atoms with Gasteiger partial charge >= 0.3 is 0 Å². The van der Waals surface area contributed by atoms with Crippen molar-refractivity contribution in [2.45, 2.75) is 19.9 Å². The number of aryl methyl sites for hydroxylation is 2. The summed E-state index contributed by atoms with van der Waals surface area (Å²) >= 11 is 7.12. The third kappa shape index (κ3) is 2.78. The first-order valence-electron chi connectivity index (χ1n) is 5.69. The molecule has 0 amide bonds. The van der Waals surface area contributed by atoms with E-state index in [-0.39, 0.29) is 6.04 Å². The number of aromatic nitrogens is 2. The first kappa shape index (κ1) is 13.6. The van der Waals surface area contributed by atoms with Crippen molar-refractivity contribution in [2.24, 2.45) is 7.05 Å². The molecule has 0 bridgehead atoms. The summed E-state index contributed by atoms with van der Waals surface area (Å²) in [4.78, 5) is 0. The second kappa shape index (κ2) is 5.45. The lowest BCUT2D eigenvalue weighted by Gasteiger charge is -2.17. The molecule has 0 aliphatic carbocycles. The standard InChI is InChI=1S/C13H15Br2N3/c1-8(10-7-18(3)17-9(10)2)16-13-11(14)5-4-6-12(13)15/h4-8,16H,1-3H3. The van der Waals surface area contributed by atoms with Gasteiger partial charge in [-0.15, -0.1) is 0 Å². The molecule has 3 nitrogen and oxygen atoms in total. The van der Waals surface area contributed by atoms with E-state index in [1.54, 1.807) is 0 Å². The minimum Gasteiger partial charge on any atom is -0.377 e. The van der Waals surface area contributed by atoms with E-state index in [2.05, 4.69) is 55.4 Å². The zero-order valence-corrected chi connectivity index (χ0v) is 13.7. The van der Waals surface area contributed by atoms with Crippen LogP contribution in [0.2, 0.25) is 0 Å². The van der Waals surface area contributed by atoms with Gasteiger partial charge in [0, 0.05) is 27.8 Å². The molecule has 0 fully saturated rings. The maximum Gasteiger partial charge on any atom is 0.0646 e. The van der Waals surface area contributed by atoms with Crippen LogP contribution in [0, 0.1) is 6.92 Å². The monoisotopic (exact) mass is 371 g/mol. The Balaban J connectivity index is 2.26. The summed E-state index contributed by atoms with van der Waals surface area (Å²) in [6.45, 7) is 4.17. The average molecular weight is 373 g/mol. The molecule has 2 aromatic rings. The second-order valence-corrected chi connectivity index (χ2v) is 6.01. The van der Waals surface area contributed by atoms with Crippen LogP contribution in [0.5, 0.6) is 0 Å². The van der Waals surface area contributed by atoms with E-state index in [1.807, 2.05) is 36.9 Å². The summed E-state index contributed by atoms with van der Waals surface area (Å²) in [6, 6.07) is 6.25. The molecular weight excluding hydrogens is 358 g/mol. The van der Waals surface area contributed by atoms with E-state index in [4.69, 9.17) is 0 Å². The first-order chi connectivity index (χ1) is 8.49. The Morgan fingerprint density at radius 3 is 2.39 bits per heavy atom. The molecule has 1 unspecified atom stereocenters. The third-order valence-corrected chi connectivity index (χ3v) is 4.16. The molecule has 0 saturated carbocycles. The van der Waals surface area contributed by atoms with Crippen LogP contribution in [0.1, 0.15) is 24.2 Å². The summed E-state index contributed by atoms with van der Waals surface area (Å²) in [7, 11) is 1.94. The number of nitrogens with one attached hydrogen (secondary N) is 1. The van der Waals surface area contributed by atoms with Crippen LogP contribution in [-0.2, 0) is 7.05 Å². The fourth-order valence-corrected chi connectivity index (χ4v) is 3.20. The zero-order valence-electron chi connectivity index (χ0n) is 10.5. The summed E-state index contributed by atoms with van der Waals surface area (Å²) in [5.41, 5.74) is 3.33. The number of nitrogens with zero attached hydrogens (tertiary/aromatic N) is 2. The Hall–Kier alpha value is -0.810. The van der Waals surface area contributed by atoms with E-state index < -0.39 is 0 Å². The minimum atomic E-state index is 0.202. The topological polar surface area (TPSA) is 29.9 Å². The summed E-state index contributed by atoms with van der Waals surface area (Å²) in [5.74, 6) is 0. The predicted molar refractivity (Wildman–Crippen MR) is 81.8 cm³/mol. The minimum absolute atomic E-state index is 0.202. The molecule has 1 aromatic heterocycles. The van der Waals surface area contributed by atoms with E-state index >= 15 is 0 Å². The summed E-state index contributed by atoms with van der Waals surface area (Å²) in [5, 5.41) is 7.87. The van der Waals surface area contributed by atoms with Gasteiger partial charge in [0.15, 0.2) is 0 Å². The number of hydrogen-bond acceptors (Lipinski definition) is 2. The van der Waals surface area contributed by atoms with Crippen molar-refractivity contribution in [3.8, 4) is 0 Å². The van der Waals surface area contributed by atoms with Crippen LogP contribution < -0.4 is 5.32 Å². The third-order valence-electron chi connectivity index (χ3n) is 2.84. The Labute approximate surface area is 124 Å². The molecule has 0 radical (unpaired) electrons. The van der Waals surface area contributed by atoms with Crippen molar-refractivity contribution in [3.63, 3.8) is 0 Å². The lowest BCUT2D eigenvalue weighted by atomic mass is 10.1. The van der Waals surface area contributed by atoms with Crippen LogP contribution in [0.4, 0.5) is 5.69 Å². The molecule has 0 saturated heterocycles. The molecule has 1 atom stereocenters. The van der Waals surface area contributed by atoms with E-state index in [1.165, 1.54) is 5.56 Å². The molecule has 2 rings (SSSR count). The van der Waals surface area contributed by atoms with Gasteiger partial charge in [-0.05, 0) is 57.8 Å². The van der Waals surface area contributed by atoms with Crippen molar-refractivity contribution in [3.05, 3.63) is 44.6 Å². The Morgan fingerprint density at radius 2 is 1.89 bits per heavy atom. The van der Waals surface area contributed by atoms with E-state index in [0.29, 0.717) is 0 Å². The van der Waals surface area contributed by atoms with Crippen LogP contribution in [0.15, 0.2) is 33.3 Å². The van der Waals surface area contributed by atoms with E-state index in [0.717, 1.165) is 20.3 Å². The average Bonchev–Trinajstić information content (AvgIpc) is 2.63. The molecule has 0 aliphatic rings. The number of halogens is 2. The summed E-state index contributed by atoms with van der Waals surface area (Å²) < 4.78 is 3.94. The van der Waals surface area contributed by atoms with Gasteiger partial charge in [0.05, 0.1) is 17.4 Å². The van der Waals surface area contributed by atoms with Gasteiger partial charge in [0.2, 0.25) is 0 Å². The van der Waals surface area contributed by atoms with Crippen molar-refractivity contribution in [1.82, 2.24) is 9.78 Å². The molecule has 5 heteroatoms. The number of para-hydroxylation sites is 1. The molecule has 0 aliphatic heterocycles. The highest BCUT2D eigenvalue weighted by atomic mass is 79.9. The second-order valence-electron chi connectivity index (χ2n) is 4.31. The van der Waals surface area contributed by atoms with Crippen molar-refractivity contribution in [2.75, 3.05) is 5.32 Å². The van der Waals surface area contributed by atoms with Gasteiger partial charge in [0.25, 0.3) is 0 Å². The smallest absolute Gasteiger partial charge is 0.0646 e. The van der Waals surface area contributed by atoms with Gasteiger partial charge in [0.1, 0.15) is 0 Å². The quantitative estimate of drug-likeness (QED) is 0.863. The normalized spacial score (nSPS) is 12.5. The molecule has 18 heavy (non-hydrogen) atoms. The van der Waals surface area contributed by atoms with Gasteiger partial charge in [-0.25, -0.2) is 0 Å². The molecule has 1 aromatic carbocycles. The zero-order chi connectivity index (χ0) is 13.3. The van der Waals surface area contributed by atoms with Crippen molar-refractivity contribution < 1.29 is 0 Å². The fraction of sp³-hybridized carbons (Fsp3) is 0.308. The summed E-state index contributed by atoms with van der Waals surface area (Å²) in [6.07, 6.45) is 2.05. The van der Waals surface area contributed by atoms with E-state index in [9.17, 15) is 0 Å². The van der Waals surface area contributed by atoms with Crippen LogP contribution in [-0.4, -0.2) is 9.78 Å². The van der Waals surface area contributed by atoms with Gasteiger partial charge in [-0.2, -0.15) is 5.10 Å². The Morgan fingerprint density at radius 1 is 1.28 bits per heavy atom. The molecule has 1 N–H and O–H groups in total. The Bertz CT molecular complexity index is 543. The number of benzene rings is 1. The molecule has 1 heterocycles. The predicted octanol–water partition coefficient (Wildman–Crippen LogP) is 4.43. The highest BCUT2D eigenvalue weighted by Crippen LogP contribution is 2.33. The molecule has 0 spiro atoms. The molecular formula is C13H15Br2N3. The van der Waals surface area contributed by atoms with Gasteiger partial charge < -0.3 is 5.32 Å². The number of hydrogen-bond donors (Lipinski definition) is 1. The largest absolute Gasteiger partial charge is 0.377 e. The van der Waals surface area contributed by atoms with Crippen molar-refractivity contribution in [1.29, 1.82) is 0 Å². The van der Waals surface area contributed by atoms with Gasteiger partial charge in [-0.3, -0.25) is 4.68 Å². The maximum absolute atomic E-state index is 4.37. The van der Waals surface area contributed by atoms with Crippen LogP contribution in [0.25, 0.3) is 0 Å². The highest BCUT2D eigenvalue weighted by Gasteiger charge is 2.14. The van der Waals surface area contributed by atoms with Crippen molar-refractivity contribution >= 4 is 37.5 Å². The Kier molecular flexibility index (Phi) is 4.12. The van der Waals surface area contributed by atoms with Gasteiger partial charge in [-0.1, -0.05) is 6.07 Å².